The zero-order valence-corrected chi connectivity index (χ0v) is 42.2. The van der Waals surface area contributed by atoms with Gasteiger partial charge in [-0.2, -0.15) is 0 Å². The van der Waals surface area contributed by atoms with Crippen molar-refractivity contribution >= 4 is 79.2 Å². The molecule has 4 heteroatoms. The van der Waals surface area contributed by atoms with Crippen LogP contribution in [-0.4, -0.2) is 6.71 Å². The van der Waals surface area contributed by atoms with Crippen LogP contribution in [0.2, 0.25) is 0 Å². The van der Waals surface area contributed by atoms with Gasteiger partial charge in [0.05, 0.1) is 11.1 Å². The molecule has 3 nitrogen and oxygen atoms in total. The summed E-state index contributed by atoms with van der Waals surface area (Å²) in [4.78, 5) is 5.38. The quantitative estimate of drug-likeness (QED) is 0.162. The molecule has 0 atom stereocenters. The predicted molar refractivity (Wildman–Crippen MR) is 281 cm³/mol. The molecular weight excluding hydrogens is 787 g/mol. The van der Waals surface area contributed by atoms with Gasteiger partial charge in [-0.1, -0.05) is 139 Å². The Kier molecular flexibility index (Phi) is 8.64. The summed E-state index contributed by atoms with van der Waals surface area (Å²) in [5.74, 6) is 0. The van der Waals surface area contributed by atoms with Gasteiger partial charge in [-0.3, -0.25) is 0 Å². The van der Waals surface area contributed by atoms with E-state index in [0.29, 0.717) is 0 Å². The lowest BCUT2D eigenvalue weighted by molar-refractivity contribution is 0.332. The van der Waals surface area contributed by atoms with Crippen LogP contribution in [0.3, 0.4) is 0 Å². The molecule has 1 aromatic heterocycles. The van der Waals surface area contributed by atoms with Crippen molar-refractivity contribution in [3.63, 3.8) is 0 Å². The maximum Gasteiger partial charge on any atom is 0.252 e. The molecule has 0 N–H and O–H groups in total. The van der Waals surface area contributed by atoms with Gasteiger partial charge in [-0.15, -0.1) is 0 Å². The van der Waals surface area contributed by atoms with Crippen molar-refractivity contribution in [3.05, 3.63) is 136 Å². The van der Waals surface area contributed by atoms with Gasteiger partial charge in [-0.25, -0.2) is 0 Å². The summed E-state index contributed by atoms with van der Waals surface area (Å²) in [6.45, 7) is 38.5. The standard InChI is InChI=1S/C61H69BN2O/c1-35-19-17-18-20-46(35)64-50-30-38(57(6,7)8)29-49-54(50)62(44-22-24-52-53(55(44)64)39-28-37(56(3,4)5)21-23-51(39)65-52)45-31-41-43(61(15,16)34-60(41,13)14)33-48(45)63(49)47-32-42-40(27-36(47)2)58(9,10)25-26-59(42,11)12/h17-24,27-33H,25-26,34H2,1-16H3. The highest BCUT2D eigenvalue weighted by atomic mass is 16.3. The van der Waals surface area contributed by atoms with Crippen LogP contribution >= 0.6 is 0 Å². The number of furan rings is 1. The van der Waals surface area contributed by atoms with E-state index in [1.807, 2.05) is 0 Å². The van der Waals surface area contributed by atoms with Gasteiger partial charge < -0.3 is 14.2 Å². The minimum Gasteiger partial charge on any atom is -0.456 e. The molecule has 0 unspecified atom stereocenters. The van der Waals surface area contributed by atoms with Crippen LogP contribution in [0.25, 0.3) is 21.9 Å². The molecular formula is C61H69BN2O. The molecule has 0 spiro atoms. The van der Waals surface area contributed by atoms with Crippen LogP contribution in [-0.2, 0) is 32.5 Å². The molecule has 3 heterocycles. The molecule has 7 aromatic rings. The number of aryl methyl sites for hydroxylation is 2. The van der Waals surface area contributed by atoms with Crippen molar-refractivity contribution in [3.8, 4) is 0 Å². The maximum atomic E-state index is 6.88. The van der Waals surface area contributed by atoms with Crippen LogP contribution in [0.5, 0.6) is 0 Å². The Morgan fingerprint density at radius 2 is 1.06 bits per heavy atom. The van der Waals surface area contributed by atoms with Crippen molar-refractivity contribution in [2.24, 2.45) is 0 Å². The van der Waals surface area contributed by atoms with E-state index in [1.165, 1.54) is 119 Å². The second-order valence-corrected chi connectivity index (χ2v) is 25.4. The summed E-state index contributed by atoms with van der Waals surface area (Å²) < 4.78 is 6.88. The van der Waals surface area contributed by atoms with Crippen LogP contribution < -0.4 is 26.2 Å². The van der Waals surface area contributed by atoms with E-state index < -0.39 is 0 Å². The summed E-state index contributed by atoms with van der Waals surface area (Å²) in [6, 6.07) is 36.2. The molecule has 2 aliphatic heterocycles. The fourth-order valence-corrected chi connectivity index (χ4v) is 13.0. The molecule has 0 amide bonds. The number of benzene rings is 6. The lowest BCUT2D eigenvalue weighted by Crippen LogP contribution is -2.61. The highest BCUT2D eigenvalue weighted by molar-refractivity contribution is 7.00. The number of anilines is 6. The molecule has 0 saturated carbocycles. The maximum absolute atomic E-state index is 6.88. The minimum atomic E-state index is -0.124. The summed E-state index contributed by atoms with van der Waals surface area (Å²) in [5.41, 5.74) is 25.0. The zero-order chi connectivity index (χ0) is 46.3. The predicted octanol–water partition coefficient (Wildman–Crippen LogP) is 15.2. The molecule has 6 aromatic carbocycles. The van der Waals surface area contributed by atoms with E-state index >= 15 is 0 Å². The molecule has 11 rings (SSSR count). The zero-order valence-electron chi connectivity index (χ0n) is 42.2. The van der Waals surface area contributed by atoms with Crippen LogP contribution in [0, 0.1) is 13.8 Å². The van der Waals surface area contributed by atoms with Crippen LogP contribution in [0.4, 0.5) is 34.1 Å². The Bertz CT molecular complexity index is 3190. The first-order chi connectivity index (χ1) is 30.3. The van der Waals surface area contributed by atoms with Crippen molar-refractivity contribution in [2.45, 2.75) is 163 Å². The third-order valence-corrected chi connectivity index (χ3v) is 16.6. The van der Waals surface area contributed by atoms with Crippen LogP contribution in [0.1, 0.15) is 161 Å². The van der Waals surface area contributed by atoms with Gasteiger partial charge in [0.2, 0.25) is 0 Å². The SMILES string of the molecule is Cc1cc2c(cc1N1c3cc4c(cc3B3c5ccc6oc7ccc(C(C)(C)C)cc7c6c5N(c5ccccc5C)c5cc(C(C)(C)C)cc1c53)C(C)(C)CC4(C)C)C(C)(C)CCC2(C)C. The van der Waals surface area contributed by atoms with Gasteiger partial charge in [0.25, 0.3) is 6.71 Å². The Morgan fingerprint density at radius 1 is 0.492 bits per heavy atom. The summed E-state index contributed by atoms with van der Waals surface area (Å²) in [7, 11) is 0. The van der Waals surface area contributed by atoms with E-state index in [1.54, 1.807) is 0 Å². The molecule has 2 aliphatic carbocycles. The summed E-state index contributed by atoms with van der Waals surface area (Å²) in [6.07, 6.45) is 3.49. The molecule has 0 radical (unpaired) electrons. The fourth-order valence-electron chi connectivity index (χ4n) is 13.0. The average molecular weight is 857 g/mol. The van der Waals surface area contributed by atoms with Gasteiger partial charge in [-0.05, 0) is 175 Å². The first-order valence-electron chi connectivity index (χ1n) is 24.5. The number of rotatable bonds is 2. The molecule has 0 bridgehead atoms. The lowest BCUT2D eigenvalue weighted by Gasteiger charge is -2.47. The Balaban J connectivity index is 1.33. The van der Waals surface area contributed by atoms with E-state index in [2.05, 4.69) is 212 Å². The van der Waals surface area contributed by atoms with Crippen molar-refractivity contribution < 1.29 is 4.42 Å². The first kappa shape index (κ1) is 42.4. The van der Waals surface area contributed by atoms with Gasteiger partial charge in [0.15, 0.2) is 0 Å². The van der Waals surface area contributed by atoms with E-state index in [0.717, 1.165) is 17.6 Å². The number of hydrogen-bond donors (Lipinski definition) is 0. The Labute approximate surface area is 389 Å². The van der Waals surface area contributed by atoms with E-state index in [9.17, 15) is 0 Å². The van der Waals surface area contributed by atoms with Crippen molar-refractivity contribution in [1.82, 2.24) is 0 Å². The normalized spacial score (nSPS) is 18.7. The average Bonchev–Trinajstić information content (AvgIpc) is 3.68. The number of fused-ring (bicyclic) bond motifs is 10. The van der Waals surface area contributed by atoms with Gasteiger partial charge in [0, 0.05) is 33.8 Å². The number of nitrogens with zero attached hydrogens (tertiary/aromatic N) is 2. The molecule has 0 saturated heterocycles. The molecule has 0 fully saturated rings. The van der Waals surface area contributed by atoms with E-state index in [-0.39, 0.29) is 39.2 Å². The van der Waals surface area contributed by atoms with Crippen molar-refractivity contribution in [1.29, 1.82) is 0 Å². The number of hydrogen-bond acceptors (Lipinski definition) is 3. The second-order valence-electron chi connectivity index (χ2n) is 25.4. The third-order valence-electron chi connectivity index (χ3n) is 16.6. The largest absolute Gasteiger partial charge is 0.456 e. The molecule has 332 valence electrons. The molecule has 65 heavy (non-hydrogen) atoms. The Morgan fingerprint density at radius 3 is 1.71 bits per heavy atom. The molecule has 4 aliphatic rings. The smallest absolute Gasteiger partial charge is 0.252 e. The lowest BCUT2D eigenvalue weighted by atomic mass is 9.33. The topological polar surface area (TPSA) is 19.6 Å². The third kappa shape index (κ3) is 6.07. The second kappa shape index (κ2) is 13.2. The van der Waals surface area contributed by atoms with Gasteiger partial charge >= 0.3 is 0 Å². The van der Waals surface area contributed by atoms with Crippen LogP contribution in [0.15, 0.2) is 95.4 Å². The minimum absolute atomic E-state index is 0.00574. The fraction of sp³-hybridized carbons (Fsp3) is 0.410. The van der Waals surface area contributed by atoms with Crippen molar-refractivity contribution in [2.75, 3.05) is 9.80 Å². The first-order valence-corrected chi connectivity index (χ1v) is 24.5. The van der Waals surface area contributed by atoms with E-state index in [4.69, 9.17) is 4.42 Å². The highest BCUT2D eigenvalue weighted by Gasteiger charge is 2.50. The monoisotopic (exact) mass is 857 g/mol. The Hall–Kier alpha value is -5.22. The highest BCUT2D eigenvalue weighted by Crippen LogP contribution is 2.56. The van der Waals surface area contributed by atoms with Gasteiger partial charge in [0.1, 0.15) is 11.2 Å². The summed E-state index contributed by atoms with van der Waals surface area (Å²) >= 11 is 0. The number of para-hydroxylation sites is 1. The summed E-state index contributed by atoms with van der Waals surface area (Å²) in [5, 5.41) is 2.38.